The van der Waals surface area contributed by atoms with Crippen molar-refractivity contribution in [3.05, 3.63) is 30.5 Å². The van der Waals surface area contributed by atoms with Gasteiger partial charge >= 0.3 is 0 Å². The number of nitrogens with two attached hydrogens (primary N) is 1. The van der Waals surface area contributed by atoms with Crippen LogP contribution in [-0.4, -0.2) is 24.6 Å². The monoisotopic (exact) mass is 203 g/mol. The lowest BCUT2D eigenvalue weighted by atomic mass is 10.2. The topological polar surface area (TPSA) is 45.0 Å². The smallest absolute Gasteiger partial charge is 0.0691 e. The van der Waals surface area contributed by atoms with E-state index in [4.69, 9.17) is 5.73 Å². The Labute approximate surface area is 89.9 Å². The van der Waals surface area contributed by atoms with Crippen LogP contribution in [0.15, 0.2) is 30.5 Å². The fourth-order valence-electron chi connectivity index (χ4n) is 1.76. The molecule has 0 fully saturated rings. The number of H-pyrrole nitrogens is 1. The molecule has 0 aliphatic carbocycles. The van der Waals surface area contributed by atoms with Gasteiger partial charge in [-0.05, 0) is 19.1 Å². The largest absolute Gasteiger partial charge is 0.369 e. The van der Waals surface area contributed by atoms with Crippen molar-refractivity contribution in [1.29, 1.82) is 0 Å². The summed E-state index contributed by atoms with van der Waals surface area (Å²) in [6.45, 7) is 2.79. The van der Waals surface area contributed by atoms with Gasteiger partial charge in [0.15, 0.2) is 0 Å². The number of nitrogens with one attached hydrogen (secondary N) is 1. The summed E-state index contributed by atoms with van der Waals surface area (Å²) in [6.07, 6.45) is 1.97. The first-order valence-corrected chi connectivity index (χ1v) is 5.23. The molecule has 1 heterocycles. The zero-order valence-electron chi connectivity index (χ0n) is 9.20. The molecule has 1 atom stereocenters. The second kappa shape index (κ2) is 3.95. The molecular weight excluding hydrogens is 186 g/mol. The first-order chi connectivity index (χ1) is 7.24. The Hall–Kier alpha value is -1.48. The van der Waals surface area contributed by atoms with Crippen molar-refractivity contribution in [3.63, 3.8) is 0 Å². The molecular formula is C12H17N3. The van der Waals surface area contributed by atoms with Crippen molar-refractivity contribution in [3.8, 4) is 0 Å². The Bertz CT molecular complexity index is 447. The fourth-order valence-corrected chi connectivity index (χ4v) is 1.76. The molecule has 80 valence electrons. The average Bonchev–Trinajstić information content (AvgIpc) is 2.74. The molecule has 0 radical (unpaired) electrons. The van der Waals surface area contributed by atoms with Crippen LogP contribution in [0.3, 0.4) is 0 Å². The van der Waals surface area contributed by atoms with Crippen molar-refractivity contribution < 1.29 is 0 Å². The van der Waals surface area contributed by atoms with Gasteiger partial charge in [0.1, 0.15) is 0 Å². The van der Waals surface area contributed by atoms with Crippen LogP contribution in [0.1, 0.15) is 6.92 Å². The van der Waals surface area contributed by atoms with E-state index < -0.39 is 0 Å². The van der Waals surface area contributed by atoms with Gasteiger partial charge in [-0.15, -0.1) is 0 Å². The zero-order chi connectivity index (χ0) is 10.8. The van der Waals surface area contributed by atoms with E-state index in [2.05, 4.69) is 48.1 Å². The van der Waals surface area contributed by atoms with E-state index in [1.807, 2.05) is 6.20 Å². The Morgan fingerprint density at radius 1 is 1.40 bits per heavy atom. The van der Waals surface area contributed by atoms with E-state index in [0.717, 1.165) is 0 Å². The van der Waals surface area contributed by atoms with Gasteiger partial charge in [-0.1, -0.05) is 12.1 Å². The third-order valence-corrected chi connectivity index (χ3v) is 2.95. The van der Waals surface area contributed by atoms with Gasteiger partial charge in [-0.3, -0.25) is 0 Å². The highest BCUT2D eigenvalue weighted by atomic mass is 15.1. The quantitative estimate of drug-likeness (QED) is 0.801. The Balaban J connectivity index is 2.46. The number of fused-ring (bicyclic) bond motifs is 1. The van der Waals surface area contributed by atoms with E-state index in [1.54, 1.807) is 0 Å². The Kier molecular flexibility index (Phi) is 2.64. The van der Waals surface area contributed by atoms with Gasteiger partial charge in [0.05, 0.1) is 11.2 Å². The number of likely N-dealkylation sites (N-methyl/N-ethyl adjacent to an activating group) is 1. The molecule has 3 N–H and O–H groups in total. The molecule has 1 aromatic carbocycles. The summed E-state index contributed by atoms with van der Waals surface area (Å²) in [4.78, 5) is 5.47. The van der Waals surface area contributed by atoms with Crippen LogP contribution in [0.5, 0.6) is 0 Å². The number of hydrogen-bond acceptors (Lipinski definition) is 2. The minimum atomic E-state index is 0.346. The summed E-state index contributed by atoms with van der Waals surface area (Å²) in [5.41, 5.74) is 8.06. The molecule has 0 saturated heterocycles. The third kappa shape index (κ3) is 1.70. The van der Waals surface area contributed by atoms with Crippen LogP contribution in [0, 0.1) is 0 Å². The maximum Gasteiger partial charge on any atom is 0.0691 e. The number of hydrogen-bond donors (Lipinski definition) is 2. The summed E-state index contributed by atoms with van der Waals surface area (Å²) >= 11 is 0. The highest BCUT2D eigenvalue weighted by Gasteiger charge is 2.11. The first-order valence-electron chi connectivity index (χ1n) is 5.23. The molecule has 1 aromatic heterocycles. The van der Waals surface area contributed by atoms with E-state index >= 15 is 0 Å². The normalized spacial score (nSPS) is 13.0. The van der Waals surface area contributed by atoms with Crippen molar-refractivity contribution in [2.24, 2.45) is 5.73 Å². The minimum Gasteiger partial charge on any atom is -0.369 e. The number of anilines is 1. The van der Waals surface area contributed by atoms with Gasteiger partial charge in [-0.2, -0.15) is 0 Å². The van der Waals surface area contributed by atoms with Gasteiger partial charge in [0, 0.05) is 31.2 Å². The highest BCUT2D eigenvalue weighted by molar-refractivity contribution is 5.91. The predicted molar refractivity (Wildman–Crippen MR) is 65.2 cm³/mol. The molecule has 0 saturated carbocycles. The molecule has 0 aliphatic rings. The Morgan fingerprint density at radius 3 is 2.93 bits per heavy atom. The highest BCUT2D eigenvalue weighted by Crippen LogP contribution is 2.25. The first kappa shape index (κ1) is 10.1. The molecule has 2 rings (SSSR count). The zero-order valence-corrected chi connectivity index (χ0v) is 9.20. The summed E-state index contributed by atoms with van der Waals surface area (Å²) in [6, 6.07) is 8.73. The van der Waals surface area contributed by atoms with Crippen LogP contribution >= 0.6 is 0 Å². The van der Waals surface area contributed by atoms with Crippen LogP contribution in [-0.2, 0) is 0 Å². The summed E-state index contributed by atoms with van der Waals surface area (Å²) < 4.78 is 0. The lowest BCUT2D eigenvalue weighted by molar-refractivity contribution is 0.697. The van der Waals surface area contributed by atoms with Crippen LogP contribution in [0.2, 0.25) is 0 Å². The number of para-hydroxylation sites is 1. The number of rotatable bonds is 3. The average molecular weight is 203 g/mol. The van der Waals surface area contributed by atoms with Crippen molar-refractivity contribution in [2.45, 2.75) is 13.0 Å². The van der Waals surface area contributed by atoms with Crippen LogP contribution in [0.4, 0.5) is 5.69 Å². The van der Waals surface area contributed by atoms with Gasteiger partial charge in [0.2, 0.25) is 0 Å². The lowest BCUT2D eigenvalue weighted by Crippen LogP contribution is -2.35. The number of benzene rings is 1. The van der Waals surface area contributed by atoms with Crippen molar-refractivity contribution in [1.82, 2.24) is 4.98 Å². The molecule has 15 heavy (non-hydrogen) atoms. The van der Waals surface area contributed by atoms with E-state index in [9.17, 15) is 0 Å². The predicted octanol–water partition coefficient (Wildman–Crippen LogP) is 1.95. The molecule has 0 spiro atoms. The van der Waals surface area contributed by atoms with Gasteiger partial charge < -0.3 is 15.6 Å². The number of aromatic nitrogens is 1. The van der Waals surface area contributed by atoms with E-state index in [1.165, 1.54) is 16.6 Å². The molecule has 0 aliphatic heterocycles. The molecule has 3 heteroatoms. The standard InChI is InChI=1S/C12H17N3/c1-9(8-13)15(2)11-5-3-4-10-6-7-14-12(10)11/h3-7,9,14H,8,13H2,1-2H3. The molecule has 0 bridgehead atoms. The van der Waals surface area contributed by atoms with E-state index in [0.29, 0.717) is 12.6 Å². The van der Waals surface area contributed by atoms with Crippen LogP contribution < -0.4 is 10.6 Å². The van der Waals surface area contributed by atoms with Gasteiger partial charge in [-0.25, -0.2) is 0 Å². The minimum absolute atomic E-state index is 0.346. The Morgan fingerprint density at radius 2 is 2.20 bits per heavy atom. The maximum absolute atomic E-state index is 5.68. The second-order valence-corrected chi connectivity index (χ2v) is 3.91. The molecule has 2 aromatic rings. The summed E-state index contributed by atoms with van der Waals surface area (Å²) in [5.74, 6) is 0. The number of aromatic amines is 1. The second-order valence-electron chi connectivity index (χ2n) is 3.91. The maximum atomic E-state index is 5.68. The molecule has 0 amide bonds. The summed E-state index contributed by atoms with van der Waals surface area (Å²) in [7, 11) is 2.08. The van der Waals surface area contributed by atoms with Crippen molar-refractivity contribution >= 4 is 16.6 Å². The van der Waals surface area contributed by atoms with Crippen LogP contribution in [0.25, 0.3) is 10.9 Å². The third-order valence-electron chi connectivity index (χ3n) is 2.95. The fraction of sp³-hybridized carbons (Fsp3) is 0.333. The lowest BCUT2D eigenvalue weighted by Gasteiger charge is -2.26. The summed E-state index contributed by atoms with van der Waals surface area (Å²) in [5, 5.41) is 1.24. The van der Waals surface area contributed by atoms with E-state index in [-0.39, 0.29) is 0 Å². The molecule has 1 unspecified atom stereocenters. The van der Waals surface area contributed by atoms with Crippen molar-refractivity contribution in [2.75, 3.05) is 18.5 Å². The SMILES string of the molecule is CC(CN)N(C)c1cccc2cc[nH]c12. The number of nitrogens with zero attached hydrogens (tertiary/aromatic N) is 1. The molecule has 3 nitrogen and oxygen atoms in total. The van der Waals surface area contributed by atoms with Gasteiger partial charge in [0.25, 0.3) is 0 Å².